The van der Waals surface area contributed by atoms with Gasteiger partial charge in [-0.1, -0.05) is 26.7 Å². The Labute approximate surface area is 107 Å². The van der Waals surface area contributed by atoms with E-state index in [-0.39, 0.29) is 17.5 Å². The molecule has 0 aromatic carbocycles. The number of nitrogens with one attached hydrogen (secondary N) is 2. The van der Waals surface area contributed by atoms with Gasteiger partial charge in [0.1, 0.15) is 0 Å². The molecule has 102 valence electrons. The average Bonchev–Trinajstić information content (AvgIpc) is 2.17. The van der Waals surface area contributed by atoms with Gasteiger partial charge in [0.15, 0.2) is 0 Å². The maximum absolute atomic E-state index is 11.7. The zero-order valence-corrected chi connectivity index (χ0v) is 12.4. The predicted molar refractivity (Wildman–Crippen MR) is 74.0 cm³/mol. The fourth-order valence-electron chi connectivity index (χ4n) is 1.99. The zero-order chi connectivity index (χ0) is 13.5. The summed E-state index contributed by atoms with van der Waals surface area (Å²) in [6.45, 7) is 13.5. The normalized spacial score (nSPS) is 13.8. The number of amides is 1. The van der Waals surface area contributed by atoms with Crippen molar-refractivity contribution in [2.75, 3.05) is 6.54 Å². The molecular formula is C14H30N2O. The van der Waals surface area contributed by atoms with Gasteiger partial charge in [0.25, 0.3) is 0 Å². The van der Waals surface area contributed by atoms with Crippen molar-refractivity contribution in [1.82, 2.24) is 10.6 Å². The molecule has 0 aliphatic heterocycles. The van der Waals surface area contributed by atoms with Crippen LogP contribution in [0, 0.1) is 5.92 Å². The first-order chi connectivity index (χ1) is 7.80. The highest BCUT2D eigenvalue weighted by Crippen LogP contribution is 2.12. The molecule has 0 bridgehead atoms. The second-order valence-corrected chi connectivity index (χ2v) is 5.86. The fraction of sp³-hybridized carbons (Fsp3) is 0.929. The SMILES string of the molecule is CCC(CC)C(C)NC(=O)CCNC(C)(C)C. The van der Waals surface area contributed by atoms with Crippen molar-refractivity contribution in [3.8, 4) is 0 Å². The lowest BCUT2D eigenvalue weighted by Gasteiger charge is -2.23. The van der Waals surface area contributed by atoms with E-state index in [9.17, 15) is 4.79 Å². The molecular weight excluding hydrogens is 212 g/mol. The predicted octanol–water partition coefficient (Wildman–Crippen LogP) is 2.71. The first-order valence-electron chi connectivity index (χ1n) is 6.84. The molecule has 0 spiro atoms. The Morgan fingerprint density at radius 3 is 2.12 bits per heavy atom. The summed E-state index contributed by atoms with van der Waals surface area (Å²) in [4.78, 5) is 11.7. The van der Waals surface area contributed by atoms with Crippen LogP contribution >= 0.6 is 0 Å². The van der Waals surface area contributed by atoms with Crippen LogP contribution < -0.4 is 10.6 Å². The molecule has 0 fully saturated rings. The minimum absolute atomic E-state index is 0.0846. The van der Waals surface area contributed by atoms with Crippen molar-refractivity contribution in [3.63, 3.8) is 0 Å². The molecule has 0 aromatic rings. The van der Waals surface area contributed by atoms with Crippen molar-refractivity contribution >= 4 is 5.91 Å². The van der Waals surface area contributed by atoms with E-state index in [1.807, 2.05) is 0 Å². The Hall–Kier alpha value is -0.570. The van der Waals surface area contributed by atoms with E-state index in [0.717, 1.165) is 19.4 Å². The second kappa shape index (κ2) is 7.70. The number of carbonyl (C=O) groups excluding carboxylic acids is 1. The summed E-state index contributed by atoms with van der Waals surface area (Å²) >= 11 is 0. The summed E-state index contributed by atoms with van der Waals surface area (Å²) in [6.07, 6.45) is 2.80. The van der Waals surface area contributed by atoms with Gasteiger partial charge >= 0.3 is 0 Å². The summed E-state index contributed by atoms with van der Waals surface area (Å²) in [5, 5.41) is 6.41. The van der Waals surface area contributed by atoms with Crippen LogP contribution in [0.5, 0.6) is 0 Å². The van der Waals surface area contributed by atoms with Gasteiger partial charge in [-0.2, -0.15) is 0 Å². The van der Waals surface area contributed by atoms with Gasteiger partial charge in [0.05, 0.1) is 0 Å². The smallest absolute Gasteiger partial charge is 0.221 e. The van der Waals surface area contributed by atoms with Crippen LogP contribution in [0.15, 0.2) is 0 Å². The Kier molecular flexibility index (Phi) is 7.44. The van der Waals surface area contributed by atoms with Crippen LogP contribution in [0.3, 0.4) is 0 Å². The van der Waals surface area contributed by atoms with Crippen LogP contribution in [0.2, 0.25) is 0 Å². The lowest BCUT2D eigenvalue weighted by molar-refractivity contribution is -0.122. The molecule has 0 rings (SSSR count). The van der Waals surface area contributed by atoms with E-state index in [0.29, 0.717) is 12.3 Å². The Morgan fingerprint density at radius 2 is 1.71 bits per heavy atom. The number of hydrogen-bond donors (Lipinski definition) is 2. The van der Waals surface area contributed by atoms with E-state index >= 15 is 0 Å². The summed E-state index contributed by atoms with van der Waals surface area (Å²) in [5.74, 6) is 0.746. The van der Waals surface area contributed by atoms with Crippen LogP contribution in [-0.2, 0) is 4.79 Å². The summed E-state index contributed by atoms with van der Waals surface area (Å²) in [5.41, 5.74) is 0.0846. The van der Waals surface area contributed by atoms with Gasteiger partial charge in [-0.3, -0.25) is 4.79 Å². The maximum atomic E-state index is 11.7. The van der Waals surface area contributed by atoms with Gasteiger partial charge in [0.2, 0.25) is 5.91 Å². The standard InChI is InChI=1S/C14H30N2O/c1-7-12(8-2)11(3)16-13(17)9-10-15-14(4,5)6/h11-12,15H,7-10H2,1-6H3,(H,16,17). The van der Waals surface area contributed by atoms with E-state index in [1.165, 1.54) is 0 Å². The van der Waals surface area contributed by atoms with Crippen molar-refractivity contribution in [3.05, 3.63) is 0 Å². The Bertz CT molecular complexity index is 217. The minimum atomic E-state index is 0.0846. The van der Waals surface area contributed by atoms with Crippen molar-refractivity contribution in [2.24, 2.45) is 5.92 Å². The molecule has 1 unspecified atom stereocenters. The average molecular weight is 242 g/mol. The number of carbonyl (C=O) groups is 1. The number of hydrogen-bond acceptors (Lipinski definition) is 2. The third kappa shape index (κ3) is 8.19. The minimum Gasteiger partial charge on any atom is -0.353 e. The molecule has 1 amide bonds. The zero-order valence-electron chi connectivity index (χ0n) is 12.4. The van der Waals surface area contributed by atoms with Crippen molar-refractivity contribution in [2.45, 2.75) is 72.4 Å². The Morgan fingerprint density at radius 1 is 1.18 bits per heavy atom. The monoisotopic (exact) mass is 242 g/mol. The van der Waals surface area contributed by atoms with Gasteiger partial charge < -0.3 is 10.6 Å². The van der Waals surface area contributed by atoms with Gasteiger partial charge in [-0.25, -0.2) is 0 Å². The maximum Gasteiger partial charge on any atom is 0.221 e. The van der Waals surface area contributed by atoms with Crippen LogP contribution in [-0.4, -0.2) is 24.0 Å². The number of rotatable bonds is 7. The quantitative estimate of drug-likeness (QED) is 0.720. The molecule has 0 radical (unpaired) electrons. The third-order valence-electron chi connectivity index (χ3n) is 3.15. The fourth-order valence-corrected chi connectivity index (χ4v) is 1.99. The molecule has 0 aliphatic carbocycles. The molecule has 0 saturated carbocycles. The third-order valence-corrected chi connectivity index (χ3v) is 3.15. The molecule has 3 heteroatoms. The summed E-state index contributed by atoms with van der Waals surface area (Å²) in [7, 11) is 0. The molecule has 0 heterocycles. The lowest BCUT2D eigenvalue weighted by Crippen LogP contribution is -2.41. The van der Waals surface area contributed by atoms with E-state index < -0.39 is 0 Å². The first-order valence-corrected chi connectivity index (χ1v) is 6.84. The van der Waals surface area contributed by atoms with Crippen LogP contribution in [0.4, 0.5) is 0 Å². The first kappa shape index (κ1) is 16.4. The topological polar surface area (TPSA) is 41.1 Å². The van der Waals surface area contributed by atoms with Crippen molar-refractivity contribution in [1.29, 1.82) is 0 Å². The molecule has 2 N–H and O–H groups in total. The lowest BCUT2D eigenvalue weighted by atomic mass is 9.95. The van der Waals surface area contributed by atoms with Gasteiger partial charge in [0, 0.05) is 24.5 Å². The molecule has 3 nitrogen and oxygen atoms in total. The van der Waals surface area contributed by atoms with Crippen LogP contribution in [0.25, 0.3) is 0 Å². The molecule has 1 atom stereocenters. The summed E-state index contributed by atoms with van der Waals surface area (Å²) in [6, 6.07) is 0.284. The van der Waals surface area contributed by atoms with E-state index in [2.05, 4.69) is 52.2 Å². The largest absolute Gasteiger partial charge is 0.353 e. The molecule has 0 aromatic heterocycles. The van der Waals surface area contributed by atoms with Gasteiger partial charge in [-0.05, 0) is 33.6 Å². The second-order valence-electron chi connectivity index (χ2n) is 5.86. The molecule has 0 aliphatic rings. The van der Waals surface area contributed by atoms with E-state index in [1.54, 1.807) is 0 Å². The van der Waals surface area contributed by atoms with Gasteiger partial charge in [-0.15, -0.1) is 0 Å². The highest BCUT2D eigenvalue weighted by atomic mass is 16.1. The molecule has 0 saturated heterocycles. The van der Waals surface area contributed by atoms with Crippen molar-refractivity contribution < 1.29 is 4.79 Å². The van der Waals surface area contributed by atoms with Crippen LogP contribution in [0.1, 0.15) is 60.8 Å². The van der Waals surface area contributed by atoms with E-state index in [4.69, 9.17) is 0 Å². The molecule has 17 heavy (non-hydrogen) atoms. The highest BCUT2D eigenvalue weighted by Gasteiger charge is 2.16. The highest BCUT2D eigenvalue weighted by molar-refractivity contribution is 5.76. The summed E-state index contributed by atoms with van der Waals surface area (Å²) < 4.78 is 0. The Balaban J connectivity index is 3.86.